The van der Waals surface area contributed by atoms with E-state index in [-0.39, 0.29) is 5.69 Å². The third kappa shape index (κ3) is 6.65. The molecule has 9 aromatic rings. The highest BCUT2D eigenvalue weighted by Gasteiger charge is 2.15. The van der Waals surface area contributed by atoms with Gasteiger partial charge in [0.25, 0.3) is 0 Å². The molecule has 0 saturated carbocycles. The summed E-state index contributed by atoms with van der Waals surface area (Å²) in [5.74, 6) is 0. The third-order valence-electron chi connectivity index (χ3n) is 9.09. The van der Waals surface area contributed by atoms with Crippen LogP contribution in [0.3, 0.4) is 0 Å². The van der Waals surface area contributed by atoms with Crippen LogP contribution < -0.4 is 4.90 Å². The van der Waals surface area contributed by atoms with Gasteiger partial charge in [-0.25, -0.2) is 0 Å². The minimum absolute atomic E-state index is 0.131. The second-order valence-electron chi connectivity index (χ2n) is 12.4. The molecule has 1 nitrogen and oxygen atoms in total. The second-order valence-corrected chi connectivity index (χ2v) is 12.4. The van der Waals surface area contributed by atoms with Gasteiger partial charge in [0.1, 0.15) is 0 Å². The molecule has 0 aliphatic rings. The first kappa shape index (κ1) is 20.8. The van der Waals surface area contributed by atoms with Crippen LogP contribution in [0.4, 0.5) is 17.1 Å². The van der Waals surface area contributed by atoms with Crippen molar-refractivity contribution in [2.75, 3.05) is 4.90 Å². The highest BCUT2D eigenvalue weighted by molar-refractivity contribution is 5.97. The van der Waals surface area contributed by atoms with Gasteiger partial charge in [-0.3, -0.25) is 0 Å². The highest BCUT2D eigenvalue weighted by Crippen LogP contribution is 2.40. The molecule has 0 atom stereocenters. The van der Waals surface area contributed by atoms with Gasteiger partial charge in [0, 0.05) is 17.1 Å². The summed E-state index contributed by atoms with van der Waals surface area (Å²) in [6.45, 7) is 0. The van der Waals surface area contributed by atoms with Crippen molar-refractivity contribution in [3.05, 3.63) is 224 Å². The maximum absolute atomic E-state index is 9.55. The SMILES string of the molecule is [2H]c1c([2H])c([2H])c(-c2c([2H])c([2H])c(-c3c([2H])c([2H])c(N(c4ccc(-c5cccc(-c6ccccc6)c5)cc4)c4cccc(-c5cccc6ccccc56)c4)c([2H])c3[2H])c([2H])c2[2H])c([2H])c1[2H]. The fraction of sp³-hybridized carbons (Fsp3) is 0. The second kappa shape index (κ2) is 14.3. The van der Waals surface area contributed by atoms with Crippen molar-refractivity contribution >= 4 is 27.8 Å². The molecule has 0 fully saturated rings. The molecule has 0 aliphatic carbocycles. The molecule has 53 heavy (non-hydrogen) atoms. The van der Waals surface area contributed by atoms with Crippen molar-refractivity contribution in [1.82, 2.24) is 0 Å². The maximum atomic E-state index is 9.55. The summed E-state index contributed by atoms with van der Waals surface area (Å²) in [6, 6.07) is 38.3. The average molecular weight is 689 g/mol. The Morgan fingerprint density at radius 1 is 0.302 bits per heavy atom. The van der Waals surface area contributed by atoms with Gasteiger partial charge in [-0.1, -0.05) is 182 Å². The van der Waals surface area contributed by atoms with Crippen LogP contribution in [0.5, 0.6) is 0 Å². The first-order valence-corrected chi connectivity index (χ1v) is 17.1. The van der Waals surface area contributed by atoms with Crippen molar-refractivity contribution in [1.29, 1.82) is 0 Å². The van der Waals surface area contributed by atoms with E-state index in [2.05, 4.69) is 6.07 Å². The number of anilines is 3. The van der Waals surface area contributed by atoms with Gasteiger partial charge >= 0.3 is 0 Å². The van der Waals surface area contributed by atoms with Crippen molar-refractivity contribution in [3.8, 4) is 55.6 Å². The Morgan fingerprint density at radius 3 is 1.55 bits per heavy atom. The Balaban J connectivity index is 1.23. The van der Waals surface area contributed by atoms with Crippen molar-refractivity contribution < 1.29 is 17.8 Å². The molecule has 0 amide bonds. The van der Waals surface area contributed by atoms with Gasteiger partial charge in [-0.05, 0) is 109 Å². The zero-order valence-electron chi connectivity index (χ0n) is 41.3. The van der Waals surface area contributed by atoms with Crippen molar-refractivity contribution in [2.24, 2.45) is 0 Å². The minimum Gasteiger partial charge on any atom is -0.310 e. The molecule has 0 saturated heterocycles. The van der Waals surface area contributed by atoms with Crippen molar-refractivity contribution in [3.63, 3.8) is 0 Å². The van der Waals surface area contributed by atoms with Crippen LogP contribution >= 0.6 is 0 Å². The Labute approximate surface area is 330 Å². The lowest BCUT2D eigenvalue weighted by Gasteiger charge is -2.26. The van der Waals surface area contributed by atoms with Crippen molar-refractivity contribution in [2.45, 2.75) is 0 Å². The van der Waals surface area contributed by atoms with Crippen LogP contribution in [0.1, 0.15) is 17.8 Å². The van der Waals surface area contributed by atoms with E-state index in [0.717, 1.165) is 44.2 Å². The van der Waals surface area contributed by atoms with Gasteiger partial charge in [-0.15, -0.1) is 0 Å². The van der Waals surface area contributed by atoms with Crippen LogP contribution in [0.15, 0.2) is 224 Å². The van der Waals surface area contributed by atoms with Crippen LogP contribution in [0, 0.1) is 0 Å². The normalized spacial score (nSPS) is 14.5. The minimum atomic E-state index is -0.772. The summed E-state index contributed by atoms with van der Waals surface area (Å²) < 4.78 is 115. The Kier molecular flexibility index (Phi) is 5.62. The smallest absolute Gasteiger partial charge is 0.0645 e. The summed E-state index contributed by atoms with van der Waals surface area (Å²) in [5.41, 5.74) is 4.52. The van der Waals surface area contributed by atoms with E-state index in [4.69, 9.17) is 12.3 Å². The monoisotopic (exact) mass is 688 g/mol. The highest BCUT2D eigenvalue weighted by atomic mass is 15.1. The van der Waals surface area contributed by atoms with Gasteiger partial charge in [0.15, 0.2) is 0 Å². The number of nitrogens with zero attached hydrogens (tertiary/aromatic N) is 1. The Hall–Kier alpha value is -6.96. The lowest BCUT2D eigenvalue weighted by atomic mass is 9.97. The van der Waals surface area contributed by atoms with E-state index < -0.39 is 101 Å². The van der Waals surface area contributed by atoms with E-state index in [1.54, 1.807) is 4.90 Å². The lowest BCUT2D eigenvalue weighted by molar-refractivity contribution is 1.28. The molecular weight excluding hydrogens is 639 g/mol. The summed E-state index contributed by atoms with van der Waals surface area (Å²) in [5, 5.41) is 2.05. The summed E-state index contributed by atoms with van der Waals surface area (Å²) in [6.07, 6.45) is 0. The van der Waals surface area contributed by atoms with Gasteiger partial charge in [-0.2, -0.15) is 0 Å². The largest absolute Gasteiger partial charge is 0.310 e. The Morgan fingerprint density at radius 2 is 0.830 bits per heavy atom. The molecule has 0 N–H and O–H groups in total. The first-order valence-electron chi connectivity index (χ1n) is 23.6. The number of benzene rings is 9. The van der Waals surface area contributed by atoms with E-state index >= 15 is 0 Å². The zero-order valence-corrected chi connectivity index (χ0v) is 28.3. The molecule has 9 rings (SSSR count). The molecule has 250 valence electrons. The van der Waals surface area contributed by atoms with E-state index in [9.17, 15) is 5.48 Å². The predicted octanol–water partition coefficient (Wildman–Crippen LogP) is 14.6. The summed E-state index contributed by atoms with van der Waals surface area (Å²) in [7, 11) is 0. The first-order chi connectivity index (χ1) is 31.7. The molecule has 9 aromatic carbocycles. The molecule has 0 aromatic heterocycles. The van der Waals surface area contributed by atoms with Gasteiger partial charge in [0.2, 0.25) is 0 Å². The Bertz CT molecular complexity index is 3320. The lowest BCUT2D eigenvalue weighted by Crippen LogP contribution is -2.10. The summed E-state index contributed by atoms with van der Waals surface area (Å²) in [4.78, 5) is 1.64. The summed E-state index contributed by atoms with van der Waals surface area (Å²) >= 11 is 0. The van der Waals surface area contributed by atoms with Crippen LogP contribution in [0.25, 0.3) is 66.4 Å². The average Bonchev–Trinajstić information content (AvgIpc) is 3.35. The number of hydrogen-bond acceptors (Lipinski definition) is 1. The maximum Gasteiger partial charge on any atom is 0.0645 e. The number of rotatable bonds is 8. The molecular formula is C52H37N. The fourth-order valence-electron chi connectivity index (χ4n) is 6.49. The quantitative estimate of drug-likeness (QED) is 0.154. The van der Waals surface area contributed by atoms with E-state index in [0.29, 0.717) is 11.4 Å². The number of hydrogen-bond donors (Lipinski definition) is 0. The molecule has 1 heteroatoms. The van der Waals surface area contributed by atoms with Crippen LogP contribution in [-0.4, -0.2) is 0 Å². The molecule has 0 bridgehead atoms. The molecule has 0 aliphatic heterocycles. The molecule has 0 radical (unpaired) electrons. The third-order valence-corrected chi connectivity index (χ3v) is 9.09. The van der Waals surface area contributed by atoms with Gasteiger partial charge < -0.3 is 4.90 Å². The molecule has 0 heterocycles. The zero-order chi connectivity index (χ0) is 46.7. The fourth-order valence-corrected chi connectivity index (χ4v) is 6.49. The molecule has 0 spiro atoms. The van der Waals surface area contributed by atoms with E-state index in [1.807, 2.05) is 140 Å². The molecule has 0 unspecified atom stereocenters. The van der Waals surface area contributed by atoms with Crippen LogP contribution in [-0.2, 0) is 0 Å². The topological polar surface area (TPSA) is 3.24 Å². The van der Waals surface area contributed by atoms with Crippen LogP contribution in [0.2, 0.25) is 0 Å². The standard InChI is InChI=1S/C52H37N/c1-3-12-38(13-4-1)40-24-26-41(27-25-40)42-28-32-48(33-29-42)53(50-21-10-20-47(37-50)52-23-11-17-44-16-7-8-22-51(44)52)49-34-30-43(31-35-49)46-19-9-18-45(36-46)39-14-5-2-6-15-39/h1-37H/i1D,3D,4D,12D,13D,24D,25D,26D,27D,28D,29D,32D,33D. The van der Waals surface area contributed by atoms with E-state index in [1.165, 1.54) is 0 Å². The van der Waals surface area contributed by atoms with Gasteiger partial charge in [0.05, 0.1) is 17.8 Å². The number of fused-ring (bicyclic) bond motifs is 1. The predicted molar refractivity (Wildman–Crippen MR) is 226 cm³/mol.